The number of hydrogen-bond acceptors (Lipinski definition) is 4. The van der Waals surface area contributed by atoms with E-state index in [1.54, 1.807) is 19.2 Å². The fraction of sp³-hybridized carbons (Fsp3) is 0.462. The van der Waals surface area contributed by atoms with Gasteiger partial charge >= 0.3 is 0 Å². The van der Waals surface area contributed by atoms with Crippen molar-refractivity contribution in [1.82, 2.24) is 5.32 Å². The first-order chi connectivity index (χ1) is 8.63. The molecule has 100 valence electrons. The minimum atomic E-state index is -0.179. The van der Waals surface area contributed by atoms with Crippen molar-refractivity contribution in [2.75, 3.05) is 27.4 Å². The van der Waals surface area contributed by atoms with Crippen LogP contribution in [0, 0.1) is 6.92 Å². The first kappa shape index (κ1) is 14.3. The number of rotatable bonds is 6. The van der Waals surface area contributed by atoms with Gasteiger partial charge in [-0.2, -0.15) is 0 Å². The van der Waals surface area contributed by atoms with Crippen molar-refractivity contribution >= 4 is 5.91 Å². The maximum absolute atomic E-state index is 11.9. The summed E-state index contributed by atoms with van der Waals surface area (Å²) in [7, 11) is 3.08. The minimum absolute atomic E-state index is 0.0607. The van der Waals surface area contributed by atoms with E-state index in [4.69, 9.17) is 14.6 Å². The largest absolute Gasteiger partial charge is 0.493 e. The van der Waals surface area contributed by atoms with Crippen LogP contribution in [0.3, 0.4) is 0 Å². The second kappa shape index (κ2) is 6.86. The van der Waals surface area contributed by atoms with Crippen LogP contribution in [0.1, 0.15) is 22.3 Å². The van der Waals surface area contributed by atoms with E-state index in [-0.39, 0.29) is 12.5 Å². The van der Waals surface area contributed by atoms with Gasteiger partial charge in [0.2, 0.25) is 0 Å². The first-order valence-electron chi connectivity index (χ1n) is 5.75. The number of nitrogens with one attached hydrogen (secondary N) is 1. The molecular weight excluding hydrogens is 234 g/mol. The molecule has 0 aliphatic heterocycles. The molecule has 0 saturated carbocycles. The zero-order valence-corrected chi connectivity index (χ0v) is 10.9. The molecule has 0 bridgehead atoms. The van der Waals surface area contributed by atoms with Gasteiger partial charge in [0.05, 0.1) is 14.2 Å². The molecule has 0 heterocycles. The summed E-state index contributed by atoms with van der Waals surface area (Å²) < 4.78 is 10.3. The molecule has 0 aliphatic carbocycles. The standard InChI is InChI=1S/C13H19NO4/c1-9-7-11(17-2)12(18-3)8-10(9)13(16)14-5-4-6-15/h7-8,15H,4-6H2,1-3H3,(H,14,16). The van der Waals surface area contributed by atoms with Gasteiger partial charge in [0.25, 0.3) is 5.91 Å². The van der Waals surface area contributed by atoms with Crippen molar-refractivity contribution < 1.29 is 19.4 Å². The van der Waals surface area contributed by atoms with Gasteiger partial charge in [-0.1, -0.05) is 0 Å². The molecule has 1 aromatic carbocycles. The summed E-state index contributed by atoms with van der Waals surface area (Å²) >= 11 is 0. The molecule has 1 amide bonds. The van der Waals surface area contributed by atoms with E-state index in [2.05, 4.69) is 5.32 Å². The predicted octanol–water partition coefficient (Wildman–Crippen LogP) is 1.12. The number of ether oxygens (including phenoxy) is 2. The SMILES string of the molecule is COc1cc(C)c(C(=O)NCCCO)cc1OC. The third-order valence-corrected chi connectivity index (χ3v) is 2.60. The van der Waals surface area contributed by atoms with E-state index >= 15 is 0 Å². The van der Waals surface area contributed by atoms with E-state index in [0.717, 1.165) is 5.56 Å². The summed E-state index contributed by atoms with van der Waals surface area (Å²) in [5.74, 6) is 0.944. The second-order valence-electron chi connectivity index (χ2n) is 3.86. The lowest BCUT2D eigenvalue weighted by atomic mass is 10.1. The zero-order chi connectivity index (χ0) is 13.5. The van der Waals surface area contributed by atoms with Gasteiger partial charge < -0.3 is 19.9 Å². The van der Waals surface area contributed by atoms with Crippen molar-refractivity contribution in [3.8, 4) is 11.5 Å². The quantitative estimate of drug-likeness (QED) is 0.746. The number of carbonyl (C=O) groups is 1. The molecule has 1 rings (SSSR count). The Hall–Kier alpha value is -1.75. The van der Waals surface area contributed by atoms with Crippen LogP contribution in [0.4, 0.5) is 0 Å². The molecule has 0 unspecified atom stereocenters. The van der Waals surface area contributed by atoms with Crippen LogP contribution in [0.15, 0.2) is 12.1 Å². The molecule has 0 spiro atoms. The maximum Gasteiger partial charge on any atom is 0.251 e. The van der Waals surface area contributed by atoms with Crippen LogP contribution >= 0.6 is 0 Å². The lowest BCUT2D eigenvalue weighted by molar-refractivity contribution is 0.0950. The van der Waals surface area contributed by atoms with Gasteiger partial charge in [-0.15, -0.1) is 0 Å². The number of aryl methyl sites for hydroxylation is 1. The van der Waals surface area contributed by atoms with Crippen LogP contribution < -0.4 is 14.8 Å². The minimum Gasteiger partial charge on any atom is -0.493 e. The zero-order valence-electron chi connectivity index (χ0n) is 10.9. The van der Waals surface area contributed by atoms with Crippen molar-refractivity contribution in [3.05, 3.63) is 23.3 Å². The molecule has 18 heavy (non-hydrogen) atoms. The Morgan fingerprint density at radius 3 is 2.44 bits per heavy atom. The molecule has 5 heteroatoms. The fourth-order valence-corrected chi connectivity index (χ4v) is 1.60. The molecule has 0 radical (unpaired) electrons. The average molecular weight is 253 g/mol. The molecule has 1 aromatic rings. The van der Waals surface area contributed by atoms with E-state index < -0.39 is 0 Å². The highest BCUT2D eigenvalue weighted by atomic mass is 16.5. The van der Waals surface area contributed by atoms with Crippen LogP contribution in [0.5, 0.6) is 11.5 Å². The summed E-state index contributed by atoms with van der Waals surface area (Å²) in [6.07, 6.45) is 0.540. The van der Waals surface area contributed by atoms with E-state index in [1.807, 2.05) is 6.92 Å². The van der Waals surface area contributed by atoms with Gasteiger partial charge in [0, 0.05) is 18.7 Å². The van der Waals surface area contributed by atoms with Gasteiger partial charge in [-0.05, 0) is 31.0 Å². The average Bonchev–Trinajstić information content (AvgIpc) is 2.38. The summed E-state index contributed by atoms with van der Waals surface area (Å²) in [5.41, 5.74) is 1.36. The summed E-state index contributed by atoms with van der Waals surface area (Å²) in [6.45, 7) is 2.34. The highest BCUT2D eigenvalue weighted by molar-refractivity contribution is 5.96. The van der Waals surface area contributed by atoms with Crippen molar-refractivity contribution in [2.45, 2.75) is 13.3 Å². The fourth-order valence-electron chi connectivity index (χ4n) is 1.60. The Balaban J connectivity index is 2.91. The summed E-state index contributed by atoms with van der Waals surface area (Å²) in [5, 5.41) is 11.4. The molecule has 0 atom stereocenters. The molecule has 0 fully saturated rings. The third kappa shape index (κ3) is 3.37. The number of benzene rings is 1. The van der Waals surface area contributed by atoms with E-state index in [1.165, 1.54) is 7.11 Å². The van der Waals surface area contributed by atoms with Crippen LogP contribution in [-0.2, 0) is 0 Å². The number of aliphatic hydroxyl groups excluding tert-OH is 1. The molecular formula is C13H19NO4. The summed E-state index contributed by atoms with van der Waals surface area (Å²) in [4.78, 5) is 11.9. The number of hydrogen-bond donors (Lipinski definition) is 2. The van der Waals surface area contributed by atoms with Crippen molar-refractivity contribution in [3.63, 3.8) is 0 Å². The highest BCUT2D eigenvalue weighted by Crippen LogP contribution is 2.30. The molecule has 5 nitrogen and oxygen atoms in total. The molecule has 0 aromatic heterocycles. The number of carbonyl (C=O) groups excluding carboxylic acids is 1. The van der Waals surface area contributed by atoms with E-state index in [0.29, 0.717) is 30.0 Å². The Kier molecular flexibility index (Phi) is 5.45. The Morgan fingerprint density at radius 2 is 1.89 bits per heavy atom. The van der Waals surface area contributed by atoms with Crippen LogP contribution in [0.2, 0.25) is 0 Å². The van der Waals surface area contributed by atoms with Gasteiger partial charge in [-0.3, -0.25) is 4.79 Å². The molecule has 2 N–H and O–H groups in total. The lowest BCUT2D eigenvalue weighted by Gasteiger charge is -2.12. The molecule has 0 saturated heterocycles. The first-order valence-corrected chi connectivity index (χ1v) is 5.75. The van der Waals surface area contributed by atoms with E-state index in [9.17, 15) is 4.79 Å². The number of aliphatic hydroxyl groups is 1. The Labute approximate surface area is 107 Å². The van der Waals surface area contributed by atoms with Crippen LogP contribution in [0.25, 0.3) is 0 Å². The lowest BCUT2D eigenvalue weighted by Crippen LogP contribution is -2.25. The molecule has 0 aliphatic rings. The Morgan fingerprint density at radius 1 is 1.28 bits per heavy atom. The van der Waals surface area contributed by atoms with Gasteiger partial charge in [-0.25, -0.2) is 0 Å². The predicted molar refractivity (Wildman–Crippen MR) is 68.3 cm³/mol. The number of methoxy groups -OCH3 is 2. The van der Waals surface area contributed by atoms with Crippen molar-refractivity contribution in [2.24, 2.45) is 0 Å². The summed E-state index contributed by atoms with van der Waals surface area (Å²) in [6, 6.07) is 3.42. The normalized spacial score (nSPS) is 10.0. The third-order valence-electron chi connectivity index (χ3n) is 2.60. The maximum atomic E-state index is 11.9. The van der Waals surface area contributed by atoms with Crippen LogP contribution in [-0.4, -0.2) is 38.4 Å². The highest BCUT2D eigenvalue weighted by Gasteiger charge is 2.13. The second-order valence-corrected chi connectivity index (χ2v) is 3.86. The van der Waals surface area contributed by atoms with Gasteiger partial charge in [0.15, 0.2) is 11.5 Å². The topological polar surface area (TPSA) is 67.8 Å². The van der Waals surface area contributed by atoms with Gasteiger partial charge in [0.1, 0.15) is 0 Å². The Bertz CT molecular complexity index is 418. The monoisotopic (exact) mass is 253 g/mol. The van der Waals surface area contributed by atoms with Crippen molar-refractivity contribution in [1.29, 1.82) is 0 Å². The smallest absolute Gasteiger partial charge is 0.251 e. The number of amides is 1.